The summed E-state index contributed by atoms with van der Waals surface area (Å²) >= 11 is 6.21. The molecule has 0 bridgehead atoms. The van der Waals surface area contributed by atoms with Gasteiger partial charge in [0, 0.05) is 5.02 Å². The minimum absolute atomic E-state index is 0.0800. The number of esters is 1. The number of benzene rings is 2. The lowest BCUT2D eigenvalue weighted by atomic mass is 9.98. The molecule has 2 aromatic heterocycles. The molecular weight excluding hydrogens is 400 g/mol. The largest absolute Gasteiger partial charge is 0.459 e. The fraction of sp³-hybridized carbons (Fsp3) is 0.261. The van der Waals surface area contributed by atoms with E-state index >= 15 is 0 Å². The number of aromatic nitrogens is 3. The van der Waals surface area contributed by atoms with Crippen LogP contribution in [0.5, 0.6) is 0 Å². The monoisotopic (exact) mass is 420 g/mol. The third-order valence-electron chi connectivity index (χ3n) is 5.59. The second-order valence-corrected chi connectivity index (χ2v) is 8.06. The van der Waals surface area contributed by atoms with E-state index in [4.69, 9.17) is 32.0 Å². The standard InChI is InChI=1S/C23H21ClN4O2/c24-14-7-6-8-15(13-14)28-21(25)19(23(29)30-16-9-2-1-3-10-16)20-22(28)27-18-12-5-4-11-17(18)26-20/h4-8,11-13,16H,1-3,9-10,25H2. The Kier molecular flexibility index (Phi) is 4.79. The average molecular weight is 421 g/mol. The van der Waals surface area contributed by atoms with Crippen LogP contribution in [0.3, 0.4) is 0 Å². The molecule has 0 amide bonds. The molecule has 0 atom stereocenters. The van der Waals surface area contributed by atoms with Gasteiger partial charge in [0.15, 0.2) is 5.65 Å². The number of rotatable bonds is 3. The highest BCUT2D eigenvalue weighted by atomic mass is 35.5. The first-order valence-corrected chi connectivity index (χ1v) is 10.5. The van der Waals surface area contributed by atoms with Crippen molar-refractivity contribution in [3.63, 3.8) is 0 Å². The van der Waals surface area contributed by atoms with Crippen molar-refractivity contribution >= 4 is 45.6 Å². The van der Waals surface area contributed by atoms with Gasteiger partial charge in [-0.2, -0.15) is 0 Å². The Morgan fingerprint density at radius 2 is 1.77 bits per heavy atom. The van der Waals surface area contributed by atoms with Gasteiger partial charge < -0.3 is 10.5 Å². The number of halogens is 1. The molecule has 1 aliphatic carbocycles. The number of ether oxygens (including phenoxy) is 1. The Morgan fingerprint density at radius 3 is 2.50 bits per heavy atom. The van der Waals surface area contributed by atoms with E-state index in [2.05, 4.69) is 0 Å². The molecule has 0 aliphatic heterocycles. The number of nitrogens with zero attached hydrogens (tertiary/aromatic N) is 3. The number of carbonyl (C=O) groups is 1. The minimum atomic E-state index is -0.449. The van der Waals surface area contributed by atoms with Crippen LogP contribution >= 0.6 is 11.6 Å². The second-order valence-electron chi connectivity index (χ2n) is 7.63. The maximum Gasteiger partial charge on any atom is 0.344 e. The molecule has 5 rings (SSSR count). The molecule has 0 unspecified atom stereocenters. The smallest absolute Gasteiger partial charge is 0.344 e. The van der Waals surface area contributed by atoms with Crippen molar-refractivity contribution in [3.05, 3.63) is 59.1 Å². The molecule has 1 fully saturated rings. The van der Waals surface area contributed by atoms with Gasteiger partial charge in [-0.25, -0.2) is 14.8 Å². The molecule has 7 heteroatoms. The third-order valence-corrected chi connectivity index (χ3v) is 5.83. The maximum atomic E-state index is 13.2. The summed E-state index contributed by atoms with van der Waals surface area (Å²) in [7, 11) is 0. The number of carbonyl (C=O) groups excluding carboxylic acids is 1. The predicted molar refractivity (Wildman–Crippen MR) is 118 cm³/mol. The average Bonchev–Trinajstić information content (AvgIpc) is 3.03. The lowest BCUT2D eigenvalue weighted by Gasteiger charge is -2.21. The van der Waals surface area contributed by atoms with Crippen LogP contribution in [0.25, 0.3) is 27.9 Å². The normalized spacial score (nSPS) is 15.0. The highest BCUT2D eigenvalue weighted by Crippen LogP contribution is 2.33. The van der Waals surface area contributed by atoms with E-state index in [-0.39, 0.29) is 17.5 Å². The van der Waals surface area contributed by atoms with Gasteiger partial charge in [0.2, 0.25) is 0 Å². The molecule has 152 valence electrons. The highest BCUT2D eigenvalue weighted by Gasteiger charge is 2.28. The Hall–Kier alpha value is -3.12. The number of para-hydroxylation sites is 2. The summed E-state index contributed by atoms with van der Waals surface area (Å²) in [5.74, 6) is -0.196. The number of fused-ring (bicyclic) bond motifs is 2. The van der Waals surface area contributed by atoms with E-state index < -0.39 is 5.97 Å². The summed E-state index contributed by atoms with van der Waals surface area (Å²) in [6.45, 7) is 0. The fourth-order valence-electron chi connectivity index (χ4n) is 4.13. The van der Waals surface area contributed by atoms with Crippen molar-refractivity contribution in [2.24, 2.45) is 0 Å². The molecule has 0 radical (unpaired) electrons. The molecule has 30 heavy (non-hydrogen) atoms. The highest BCUT2D eigenvalue weighted by molar-refractivity contribution is 6.30. The van der Waals surface area contributed by atoms with Crippen LogP contribution in [0, 0.1) is 0 Å². The zero-order valence-corrected chi connectivity index (χ0v) is 17.1. The maximum absolute atomic E-state index is 13.2. The van der Waals surface area contributed by atoms with E-state index in [0.717, 1.165) is 31.2 Å². The third kappa shape index (κ3) is 3.27. The lowest BCUT2D eigenvalue weighted by Crippen LogP contribution is -2.21. The number of nitrogen functional groups attached to an aromatic ring is 1. The van der Waals surface area contributed by atoms with Crippen LogP contribution < -0.4 is 5.73 Å². The number of hydrogen-bond acceptors (Lipinski definition) is 5. The van der Waals surface area contributed by atoms with Crippen LogP contribution in [-0.4, -0.2) is 26.6 Å². The van der Waals surface area contributed by atoms with Crippen molar-refractivity contribution in [2.75, 3.05) is 5.73 Å². The molecule has 1 saturated carbocycles. The first kappa shape index (κ1) is 18.9. The van der Waals surface area contributed by atoms with Crippen molar-refractivity contribution in [2.45, 2.75) is 38.2 Å². The summed E-state index contributed by atoms with van der Waals surface area (Å²) < 4.78 is 7.55. The van der Waals surface area contributed by atoms with Crippen LogP contribution in [0.4, 0.5) is 5.82 Å². The van der Waals surface area contributed by atoms with Gasteiger partial charge in [-0.1, -0.05) is 36.2 Å². The van der Waals surface area contributed by atoms with Gasteiger partial charge in [0.1, 0.15) is 23.0 Å². The summed E-state index contributed by atoms with van der Waals surface area (Å²) in [5.41, 5.74) is 9.83. The lowest BCUT2D eigenvalue weighted by molar-refractivity contribution is 0.0214. The molecule has 2 heterocycles. The topological polar surface area (TPSA) is 83.0 Å². The van der Waals surface area contributed by atoms with Crippen molar-refractivity contribution in [1.29, 1.82) is 0 Å². The fourth-order valence-corrected chi connectivity index (χ4v) is 4.32. The Balaban J connectivity index is 1.71. The van der Waals surface area contributed by atoms with Crippen LogP contribution in [0.15, 0.2) is 48.5 Å². The van der Waals surface area contributed by atoms with E-state index in [1.54, 1.807) is 16.7 Å². The predicted octanol–water partition coefficient (Wildman–Crippen LogP) is 5.30. The molecule has 0 spiro atoms. The first-order valence-electron chi connectivity index (χ1n) is 10.2. The van der Waals surface area contributed by atoms with E-state index in [9.17, 15) is 4.79 Å². The molecule has 0 saturated heterocycles. The minimum Gasteiger partial charge on any atom is -0.459 e. The molecule has 2 N–H and O–H groups in total. The molecule has 4 aromatic rings. The van der Waals surface area contributed by atoms with Gasteiger partial charge >= 0.3 is 5.97 Å². The first-order chi connectivity index (χ1) is 14.6. The zero-order valence-electron chi connectivity index (χ0n) is 16.3. The molecule has 1 aliphatic rings. The quantitative estimate of drug-likeness (QED) is 0.455. The van der Waals surface area contributed by atoms with E-state index in [1.165, 1.54) is 6.42 Å². The number of nitrogens with two attached hydrogens (primary N) is 1. The SMILES string of the molecule is Nc1c(C(=O)OC2CCCCC2)c2nc3ccccc3nc2n1-c1cccc(Cl)c1. The van der Waals surface area contributed by atoms with Gasteiger partial charge in [-0.3, -0.25) is 4.57 Å². The van der Waals surface area contributed by atoms with Gasteiger partial charge in [-0.05, 0) is 56.0 Å². The van der Waals surface area contributed by atoms with Gasteiger partial charge in [0.05, 0.1) is 16.7 Å². The number of hydrogen-bond donors (Lipinski definition) is 1. The van der Waals surface area contributed by atoms with Gasteiger partial charge in [0.25, 0.3) is 0 Å². The van der Waals surface area contributed by atoms with Gasteiger partial charge in [-0.15, -0.1) is 0 Å². The summed E-state index contributed by atoms with van der Waals surface area (Å²) in [5, 5.41) is 0.564. The number of anilines is 1. The van der Waals surface area contributed by atoms with Crippen LogP contribution in [-0.2, 0) is 4.74 Å². The molecule has 6 nitrogen and oxygen atoms in total. The summed E-state index contributed by atoms with van der Waals surface area (Å²) in [6.07, 6.45) is 5.01. The Morgan fingerprint density at radius 1 is 1.03 bits per heavy atom. The van der Waals surface area contributed by atoms with Crippen LogP contribution in [0.1, 0.15) is 42.5 Å². The van der Waals surface area contributed by atoms with Crippen molar-refractivity contribution in [3.8, 4) is 5.69 Å². The molecular formula is C23H21ClN4O2. The summed E-state index contributed by atoms with van der Waals surface area (Å²) in [4.78, 5) is 22.7. The summed E-state index contributed by atoms with van der Waals surface area (Å²) in [6, 6.07) is 14.8. The van der Waals surface area contributed by atoms with Crippen molar-refractivity contribution < 1.29 is 9.53 Å². The second kappa shape index (κ2) is 7.61. The van der Waals surface area contributed by atoms with E-state index in [1.807, 2.05) is 36.4 Å². The Bertz CT molecular complexity index is 1260. The van der Waals surface area contributed by atoms with E-state index in [0.29, 0.717) is 27.4 Å². The van der Waals surface area contributed by atoms with Crippen molar-refractivity contribution in [1.82, 2.24) is 14.5 Å². The van der Waals surface area contributed by atoms with Crippen LogP contribution in [0.2, 0.25) is 5.02 Å². The Labute approximate surface area is 178 Å². The zero-order chi connectivity index (χ0) is 20.7. The molecule has 2 aromatic carbocycles.